The molecule has 146 valence electrons. The van der Waals surface area contributed by atoms with Crippen LogP contribution in [0.25, 0.3) is 0 Å². The van der Waals surface area contributed by atoms with E-state index in [9.17, 15) is 9.59 Å². The molecule has 5 rings (SSSR count). The van der Waals surface area contributed by atoms with Crippen LogP contribution in [0.5, 0.6) is 0 Å². The third-order valence-electron chi connectivity index (χ3n) is 6.69. The number of fused-ring (bicyclic) bond motifs is 1. The van der Waals surface area contributed by atoms with Crippen molar-refractivity contribution < 1.29 is 9.59 Å². The largest absolute Gasteiger partial charge is 0.342 e. The Kier molecular flexibility index (Phi) is 4.45. The highest BCUT2D eigenvalue weighted by Crippen LogP contribution is 2.42. The number of piperidine rings is 2. The van der Waals surface area contributed by atoms with Crippen molar-refractivity contribution in [2.45, 2.75) is 57.4 Å². The number of likely N-dealkylation sites (tertiary alicyclic amines) is 2. The Hall–Kier alpha value is -1.50. The second kappa shape index (κ2) is 6.83. The molecule has 1 atom stereocenters. The van der Waals surface area contributed by atoms with Gasteiger partial charge in [0.15, 0.2) is 5.17 Å². The molecule has 0 aromatic carbocycles. The predicted molar refractivity (Wildman–Crippen MR) is 106 cm³/mol. The van der Waals surface area contributed by atoms with Gasteiger partial charge >= 0.3 is 0 Å². The van der Waals surface area contributed by atoms with E-state index in [1.54, 1.807) is 11.8 Å². The number of aliphatic imine (C=N–C) groups is 1. The lowest BCUT2D eigenvalue weighted by atomic mass is 9.73. The first-order valence-corrected chi connectivity index (χ1v) is 11.3. The Labute approximate surface area is 165 Å². The molecule has 0 bridgehead atoms. The Bertz CT molecular complexity index is 717. The molecule has 6 nitrogen and oxygen atoms in total. The van der Waals surface area contributed by atoms with Crippen molar-refractivity contribution in [3.05, 3.63) is 11.1 Å². The summed E-state index contributed by atoms with van der Waals surface area (Å²) < 4.78 is 0. The molecule has 5 aliphatic rings. The second-order valence-corrected chi connectivity index (χ2v) is 9.58. The van der Waals surface area contributed by atoms with Gasteiger partial charge in [0.1, 0.15) is 0 Å². The summed E-state index contributed by atoms with van der Waals surface area (Å²) in [5, 5.41) is 3.17. The molecule has 1 aliphatic carbocycles. The van der Waals surface area contributed by atoms with Crippen molar-refractivity contribution in [2.75, 3.05) is 32.7 Å². The van der Waals surface area contributed by atoms with Gasteiger partial charge in [-0.3, -0.25) is 14.6 Å². The van der Waals surface area contributed by atoms with Gasteiger partial charge in [0.2, 0.25) is 11.8 Å². The number of amidine groups is 1. The van der Waals surface area contributed by atoms with Crippen LogP contribution >= 0.6 is 11.8 Å². The van der Waals surface area contributed by atoms with Crippen LogP contribution < -0.4 is 0 Å². The highest BCUT2D eigenvalue weighted by Gasteiger charge is 2.46. The molecular weight excluding hydrogens is 360 g/mol. The van der Waals surface area contributed by atoms with Crippen molar-refractivity contribution in [2.24, 2.45) is 10.4 Å². The van der Waals surface area contributed by atoms with Crippen LogP contribution in [-0.4, -0.2) is 70.4 Å². The van der Waals surface area contributed by atoms with Crippen LogP contribution in [0.15, 0.2) is 16.1 Å². The van der Waals surface area contributed by atoms with E-state index in [2.05, 4.69) is 25.1 Å². The Morgan fingerprint density at radius 3 is 2.96 bits per heavy atom. The summed E-state index contributed by atoms with van der Waals surface area (Å²) in [6, 6.07) is 0.484. The molecule has 4 aliphatic heterocycles. The zero-order valence-corrected chi connectivity index (χ0v) is 16.7. The molecule has 27 heavy (non-hydrogen) atoms. The zero-order chi connectivity index (χ0) is 18.4. The first-order valence-electron chi connectivity index (χ1n) is 10.4. The Morgan fingerprint density at radius 2 is 2.11 bits per heavy atom. The minimum absolute atomic E-state index is 0.126. The van der Waals surface area contributed by atoms with Crippen LogP contribution in [0.4, 0.5) is 0 Å². The third kappa shape index (κ3) is 3.39. The first kappa shape index (κ1) is 17.6. The molecule has 0 radical (unpaired) electrons. The number of nitrogens with zero attached hydrogens (tertiary/aromatic N) is 4. The number of thioether (sulfide) groups is 1. The highest BCUT2D eigenvalue weighted by molar-refractivity contribution is 8.16. The van der Waals surface area contributed by atoms with Crippen molar-refractivity contribution >= 4 is 28.7 Å². The molecule has 4 heterocycles. The molecule has 1 saturated carbocycles. The maximum absolute atomic E-state index is 13.1. The van der Waals surface area contributed by atoms with Crippen molar-refractivity contribution in [3.8, 4) is 0 Å². The van der Waals surface area contributed by atoms with Gasteiger partial charge in [-0.25, -0.2) is 0 Å². The fourth-order valence-corrected chi connectivity index (χ4v) is 6.01. The quantitative estimate of drug-likeness (QED) is 0.745. The van der Waals surface area contributed by atoms with E-state index in [1.807, 2.05) is 0 Å². The molecule has 7 heteroatoms. The summed E-state index contributed by atoms with van der Waals surface area (Å²) in [7, 11) is 0. The van der Waals surface area contributed by atoms with Gasteiger partial charge < -0.3 is 14.7 Å². The highest BCUT2D eigenvalue weighted by atomic mass is 32.2. The van der Waals surface area contributed by atoms with E-state index in [0.717, 1.165) is 82.1 Å². The summed E-state index contributed by atoms with van der Waals surface area (Å²) in [5.41, 5.74) is 1.24. The average Bonchev–Trinajstić information content (AvgIpc) is 3.46. The minimum atomic E-state index is 0.126. The lowest BCUT2D eigenvalue weighted by molar-refractivity contribution is -0.143. The normalized spacial score (nSPS) is 31.1. The van der Waals surface area contributed by atoms with E-state index in [-0.39, 0.29) is 11.3 Å². The van der Waals surface area contributed by atoms with Crippen LogP contribution in [0.1, 0.15) is 51.4 Å². The Balaban J connectivity index is 1.24. The van der Waals surface area contributed by atoms with Crippen LogP contribution in [-0.2, 0) is 9.59 Å². The van der Waals surface area contributed by atoms with Crippen molar-refractivity contribution in [1.29, 1.82) is 0 Å². The predicted octanol–water partition coefficient (Wildman–Crippen LogP) is 2.42. The summed E-state index contributed by atoms with van der Waals surface area (Å²) in [6.07, 6.45) is 7.68. The van der Waals surface area contributed by atoms with Gasteiger partial charge in [-0.2, -0.15) is 0 Å². The summed E-state index contributed by atoms with van der Waals surface area (Å²) in [4.78, 5) is 36.4. The topological polar surface area (TPSA) is 56.2 Å². The number of hydrogen-bond donors (Lipinski definition) is 0. The molecule has 0 aromatic heterocycles. The molecule has 1 spiro atoms. The monoisotopic (exact) mass is 388 g/mol. The van der Waals surface area contributed by atoms with E-state index >= 15 is 0 Å². The molecular formula is C20H28N4O2S. The van der Waals surface area contributed by atoms with Gasteiger partial charge in [0, 0.05) is 56.3 Å². The van der Waals surface area contributed by atoms with Gasteiger partial charge in [-0.1, -0.05) is 11.8 Å². The summed E-state index contributed by atoms with van der Waals surface area (Å²) in [6.45, 7) is 4.43. The first-order chi connectivity index (χ1) is 13.1. The van der Waals surface area contributed by atoms with Gasteiger partial charge in [0.05, 0.1) is 6.42 Å². The SMILES string of the molecule is O=C(CC1=CSC2=NCCCN12)N1CCC[C@@]2(CCC(=O)N(C3CC3)C2)C1. The van der Waals surface area contributed by atoms with Crippen LogP contribution in [0.3, 0.4) is 0 Å². The fourth-order valence-electron chi connectivity index (χ4n) is 5.06. The van der Waals surface area contributed by atoms with Crippen LogP contribution in [0, 0.1) is 5.41 Å². The number of carbonyl (C=O) groups is 2. The van der Waals surface area contributed by atoms with Crippen molar-refractivity contribution in [1.82, 2.24) is 14.7 Å². The lowest BCUT2D eigenvalue weighted by Gasteiger charge is -2.48. The third-order valence-corrected chi connectivity index (χ3v) is 7.64. The van der Waals surface area contributed by atoms with E-state index in [4.69, 9.17) is 0 Å². The fraction of sp³-hybridized carbons (Fsp3) is 0.750. The maximum atomic E-state index is 13.1. The van der Waals surface area contributed by atoms with Gasteiger partial charge in [-0.05, 0) is 43.9 Å². The van der Waals surface area contributed by atoms with Crippen molar-refractivity contribution in [3.63, 3.8) is 0 Å². The molecule has 3 fully saturated rings. The number of carbonyl (C=O) groups excluding carboxylic acids is 2. The standard InChI is InChI=1S/C20H28N4O2S/c25-17-5-7-20(14-24(17)15-3-4-15)6-1-9-22(13-20)18(26)11-16-12-27-19-21-8-2-10-23(16)19/h12,15H,1-11,13-14H2/t20-/m1/s1. The number of amides is 2. The van der Waals surface area contributed by atoms with E-state index in [1.165, 1.54) is 0 Å². The lowest BCUT2D eigenvalue weighted by Crippen LogP contribution is -2.55. The van der Waals surface area contributed by atoms with Gasteiger partial charge in [-0.15, -0.1) is 0 Å². The number of rotatable bonds is 3. The number of hydrogen-bond acceptors (Lipinski definition) is 5. The zero-order valence-electron chi connectivity index (χ0n) is 15.9. The van der Waals surface area contributed by atoms with Crippen LogP contribution in [0.2, 0.25) is 0 Å². The summed E-state index contributed by atoms with van der Waals surface area (Å²) in [5.74, 6) is 0.569. The maximum Gasteiger partial charge on any atom is 0.228 e. The van der Waals surface area contributed by atoms with E-state index < -0.39 is 0 Å². The Morgan fingerprint density at radius 1 is 1.22 bits per heavy atom. The van der Waals surface area contributed by atoms with Gasteiger partial charge in [0.25, 0.3) is 0 Å². The average molecular weight is 389 g/mol. The molecule has 0 aromatic rings. The molecule has 0 N–H and O–H groups in total. The second-order valence-electron chi connectivity index (χ2n) is 8.74. The smallest absolute Gasteiger partial charge is 0.228 e. The summed E-state index contributed by atoms with van der Waals surface area (Å²) >= 11 is 1.65. The molecule has 0 unspecified atom stereocenters. The molecule has 2 amide bonds. The minimum Gasteiger partial charge on any atom is -0.342 e. The van der Waals surface area contributed by atoms with E-state index in [0.29, 0.717) is 24.8 Å². The molecule has 2 saturated heterocycles.